The molecule has 0 aliphatic rings. The summed E-state index contributed by atoms with van der Waals surface area (Å²) in [5.41, 5.74) is 4.10. The molecule has 2 aromatic heterocycles. The minimum atomic E-state index is 0.414. The topological polar surface area (TPSA) is 46.0 Å². The summed E-state index contributed by atoms with van der Waals surface area (Å²) >= 11 is 0. The standard InChI is InChI=1S/C15H13NO2/c1-9-14(8-17)18-10(2)15(9)12-3-4-13-11(7-12)5-6-16-13/h3-8,16H,1-2H3. The van der Waals surface area contributed by atoms with Gasteiger partial charge in [0.2, 0.25) is 0 Å². The van der Waals surface area contributed by atoms with Gasteiger partial charge in [-0.3, -0.25) is 4.79 Å². The van der Waals surface area contributed by atoms with E-state index in [1.165, 1.54) is 0 Å². The Morgan fingerprint density at radius 2 is 2.06 bits per heavy atom. The molecule has 0 saturated heterocycles. The Morgan fingerprint density at radius 1 is 1.22 bits per heavy atom. The number of aldehydes is 1. The fourth-order valence-corrected chi connectivity index (χ4v) is 2.42. The second-order valence-electron chi connectivity index (χ2n) is 4.42. The number of carbonyl (C=O) groups is 1. The van der Waals surface area contributed by atoms with Crippen molar-refractivity contribution in [2.75, 3.05) is 0 Å². The Morgan fingerprint density at radius 3 is 2.78 bits per heavy atom. The number of aromatic nitrogens is 1. The minimum absolute atomic E-state index is 0.414. The van der Waals surface area contributed by atoms with E-state index in [2.05, 4.69) is 11.1 Å². The zero-order chi connectivity index (χ0) is 12.7. The molecule has 1 N–H and O–H groups in total. The molecule has 0 fully saturated rings. The summed E-state index contributed by atoms with van der Waals surface area (Å²) in [5.74, 6) is 1.20. The summed E-state index contributed by atoms with van der Waals surface area (Å²) in [6.45, 7) is 3.80. The smallest absolute Gasteiger partial charge is 0.185 e. The number of aryl methyl sites for hydroxylation is 1. The summed E-state index contributed by atoms with van der Waals surface area (Å²) in [7, 11) is 0. The molecule has 3 nitrogen and oxygen atoms in total. The first-order chi connectivity index (χ1) is 8.70. The highest BCUT2D eigenvalue weighted by Gasteiger charge is 2.15. The number of rotatable bonds is 2. The van der Waals surface area contributed by atoms with E-state index in [0.717, 1.165) is 39.6 Å². The van der Waals surface area contributed by atoms with Crippen LogP contribution in [0.15, 0.2) is 34.9 Å². The maximum atomic E-state index is 10.9. The van der Waals surface area contributed by atoms with Crippen LogP contribution in [0.4, 0.5) is 0 Å². The third-order valence-electron chi connectivity index (χ3n) is 3.31. The van der Waals surface area contributed by atoms with Crippen LogP contribution >= 0.6 is 0 Å². The Balaban J connectivity index is 2.24. The van der Waals surface area contributed by atoms with E-state index in [0.29, 0.717) is 5.76 Å². The molecule has 0 amide bonds. The number of nitrogens with one attached hydrogen (secondary N) is 1. The molecule has 0 bridgehead atoms. The number of furan rings is 1. The van der Waals surface area contributed by atoms with Gasteiger partial charge in [-0.2, -0.15) is 0 Å². The summed E-state index contributed by atoms with van der Waals surface area (Å²) in [6.07, 6.45) is 2.68. The van der Waals surface area contributed by atoms with Gasteiger partial charge < -0.3 is 9.40 Å². The third kappa shape index (κ3) is 1.48. The van der Waals surface area contributed by atoms with Crippen LogP contribution in [0.5, 0.6) is 0 Å². The third-order valence-corrected chi connectivity index (χ3v) is 3.31. The van der Waals surface area contributed by atoms with E-state index in [9.17, 15) is 4.79 Å². The molecular weight excluding hydrogens is 226 g/mol. The van der Waals surface area contributed by atoms with Crippen LogP contribution in [0, 0.1) is 13.8 Å². The van der Waals surface area contributed by atoms with E-state index in [1.54, 1.807) is 0 Å². The van der Waals surface area contributed by atoms with Crippen LogP contribution in [0.25, 0.3) is 22.0 Å². The highest BCUT2D eigenvalue weighted by molar-refractivity contribution is 5.88. The molecule has 0 atom stereocenters. The number of fused-ring (bicyclic) bond motifs is 1. The molecule has 1 aromatic carbocycles. The SMILES string of the molecule is Cc1oc(C=O)c(C)c1-c1ccc2[nH]ccc2c1. The summed E-state index contributed by atoms with van der Waals surface area (Å²) in [4.78, 5) is 14.1. The van der Waals surface area contributed by atoms with Crippen LogP contribution in [-0.2, 0) is 0 Å². The van der Waals surface area contributed by atoms with Gasteiger partial charge in [0.25, 0.3) is 0 Å². The lowest BCUT2D eigenvalue weighted by atomic mass is 10.0. The molecule has 3 aromatic rings. The van der Waals surface area contributed by atoms with Gasteiger partial charge in [0.05, 0.1) is 0 Å². The van der Waals surface area contributed by atoms with Crippen LogP contribution in [-0.4, -0.2) is 11.3 Å². The Labute approximate surface area is 104 Å². The molecule has 3 rings (SSSR count). The van der Waals surface area contributed by atoms with Gasteiger partial charge in [-0.05, 0) is 43.0 Å². The number of H-pyrrole nitrogens is 1. The average Bonchev–Trinajstić information content (AvgIpc) is 2.93. The highest BCUT2D eigenvalue weighted by atomic mass is 16.3. The van der Waals surface area contributed by atoms with E-state index in [4.69, 9.17) is 4.42 Å². The summed E-state index contributed by atoms with van der Waals surface area (Å²) < 4.78 is 5.47. The van der Waals surface area contributed by atoms with Crippen LogP contribution in [0.1, 0.15) is 21.9 Å². The summed E-state index contributed by atoms with van der Waals surface area (Å²) in [6, 6.07) is 8.21. The van der Waals surface area contributed by atoms with Gasteiger partial charge >= 0.3 is 0 Å². The fraction of sp³-hybridized carbons (Fsp3) is 0.133. The fourth-order valence-electron chi connectivity index (χ4n) is 2.42. The van der Waals surface area contributed by atoms with E-state index in [1.807, 2.05) is 38.2 Å². The van der Waals surface area contributed by atoms with Gasteiger partial charge in [0.1, 0.15) is 5.76 Å². The molecule has 0 saturated carbocycles. The Hall–Kier alpha value is -2.29. The molecule has 0 radical (unpaired) electrons. The lowest BCUT2D eigenvalue weighted by Crippen LogP contribution is -1.83. The van der Waals surface area contributed by atoms with Crippen molar-refractivity contribution in [3.8, 4) is 11.1 Å². The van der Waals surface area contributed by atoms with Crippen LogP contribution in [0.3, 0.4) is 0 Å². The molecule has 0 spiro atoms. The number of aromatic amines is 1. The number of benzene rings is 1. The first-order valence-corrected chi connectivity index (χ1v) is 5.83. The predicted molar refractivity (Wildman–Crippen MR) is 70.9 cm³/mol. The second kappa shape index (κ2) is 3.88. The second-order valence-corrected chi connectivity index (χ2v) is 4.42. The Kier molecular flexibility index (Phi) is 2.33. The van der Waals surface area contributed by atoms with Crippen LogP contribution in [0.2, 0.25) is 0 Å². The van der Waals surface area contributed by atoms with Gasteiger partial charge in [0.15, 0.2) is 12.0 Å². The van der Waals surface area contributed by atoms with Gasteiger partial charge in [0, 0.05) is 22.8 Å². The normalized spacial score (nSPS) is 11.0. The number of hydrogen-bond acceptors (Lipinski definition) is 2. The predicted octanol–water partition coefficient (Wildman–Crippen LogP) is 3.86. The van der Waals surface area contributed by atoms with Gasteiger partial charge in [-0.25, -0.2) is 0 Å². The quantitative estimate of drug-likeness (QED) is 0.690. The van der Waals surface area contributed by atoms with Crippen molar-refractivity contribution in [2.45, 2.75) is 13.8 Å². The molecule has 90 valence electrons. The van der Waals surface area contributed by atoms with E-state index in [-0.39, 0.29) is 0 Å². The lowest BCUT2D eigenvalue weighted by molar-refractivity contribution is 0.109. The highest BCUT2D eigenvalue weighted by Crippen LogP contribution is 2.32. The average molecular weight is 239 g/mol. The van der Waals surface area contributed by atoms with Crippen molar-refractivity contribution in [1.82, 2.24) is 4.98 Å². The van der Waals surface area contributed by atoms with Crippen molar-refractivity contribution in [3.05, 3.63) is 47.5 Å². The molecule has 2 heterocycles. The molecule has 3 heteroatoms. The zero-order valence-corrected chi connectivity index (χ0v) is 10.3. The lowest BCUT2D eigenvalue weighted by Gasteiger charge is -2.02. The molecule has 0 aliphatic carbocycles. The molecule has 0 aliphatic heterocycles. The maximum Gasteiger partial charge on any atom is 0.185 e. The number of carbonyl (C=O) groups excluding carboxylic acids is 1. The van der Waals surface area contributed by atoms with Gasteiger partial charge in [-0.15, -0.1) is 0 Å². The first-order valence-electron chi connectivity index (χ1n) is 5.83. The molecule has 0 unspecified atom stereocenters. The van der Waals surface area contributed by atoms with Crippen molar-refractivity contribution < 1.29 is 9.21 Å². The maximum absolute atomic E-state index is 10.9. The monoisotopic (exact) mass is 239 g/mol. The first kappa shape index (κ1) is 10.8. The van der Waals surface area contributed by atoms with Crippen molar-refractivity contribution in [2.24, 2.45) is 0 Å². The number of hydrogen-bond donors (Lipinski definition) is 1. The van der Waals surface area contributed by atoms with E-state index >= 15 is 0 Å². The zero-order valence-electron chi connectivity index (χ0n) is 10.3. The molecular formula is C15H13NO2. The van der Waals surface area contributed by atoms with Crippen molar-refractivity contribution in [1.29, 1.82) is 0 Å². The van der Waals surface area contributed by atoms with Crippen molar-refractivity contribution >= 4 is 17.2 Å². The largest absolute Gasteiger partial charge is 0.458 e. The van der Waals surface area contributed by atoms with Crippen LogP contribution < -0.4 is 0 Å². The van der Waals surface area contributed by atoms with Crippen molar-refractivity contribution in [3.63, 3.8) is 0 Å². The summed E-state index contributed by atoms with van der Waals surface area (Å²) in [5, 5.41) is 1.15. The van der Waals surface area contributed by atoms with Gasteiger partial charge in [-0.1, -0.05) is 6.07 Å². The molecule has 18 heavy (non-hydrogen) atoms. The van der Waals surface area contributed by atoms with E-state index < -0.39 is 0 Å². The Bertz CT molecular complexity index is 734. The minimum Gasteiger partial charge on any atom is -0.458 e.